The van der Waals surface area contributed by atoms with Gasteiger partial charge in [0.15, 0.2) is 0 Å². The molecule has 0 spiro atoms. The summed E-state index contributed by atoms with van der Waals surface area (Å²) in [5.74, 6) is 0.919. The van der Waals surface area contributed by atoms with Gasteiger partial charge in [-0.15, -0.1) is 0 Å². The Kier molecular flexibility index (Phi) is 17.3. The molecule has 0 radical (unpaired) electrons. The van der Waals surface area contributed by atoms with Crippen molar-refractivity contribution < 1.29 is 18.8 Å². The van der Waals surface area contributed by atoms with Gasteiger partial charge in [0.1, 0.15) is 5.75 Å². The number of amides is 1. The van der Waals surface area contributed by atoms with Gasteiger partial charge in [-0.3, -0.25) is 4.79 Å². The summed E-state index contributed by atoms with van der Waals surface area (Å²) in [6, 6.07) is 51.2. The molecular formula is C53H69NO4Si2. The molecule has 60 heavy (non-hydrogen) atoms. The molecule has 5 rings (SSSR count). The standard InChI is InChI=1S/C53H69NO4Si2/c1-52(2,3)59(47-28-18-14-19-29-47,48-30-20-15-21-31-48)57-43-45(54-51(56)36-26-12-10-8-7-9-11-13-27-41-55)42-44-37-39-46(40-38-44)58-60(53(4,5)6,49-32-22-16-23-33-49)50-34-24-17-25-35-50/h11,13-25,28-35,37-40,45,55H,7-10,12,26-27,36,41-43H2,1-6H3,(H,54,56)/b13-11-/t45-/m0/s1. The van der Waals surface area contributed by atoms with Gasteiger partial charge < -0.3 is 19.3 Å². The van der Waals surface area contributed by atoms with Crippen LogP contribution in [0.5, 0.6) is 5.75 Å². The monoisotopic (exact) mass is 839 g/mol. The highest BCUT2D eigenvalue weighted by Gasteiger charge is 2.52. The van der Waals surface area contributed by atoms with Gasteiger partial charge in [0.25, 0.3) is 8.32 Å². The maximum atomic E-state index is 13.7. The average Bonchev–Trinajstić information content (AvgIpc) is 3.24. The Balaban J connectivity index is 1.39. The molecule has 0 saturated heterocycles. The van der Waals surface area contributed by atoms with Crippen molar-refractivity contribution in [3.8, 4) is 5.75 Å². The molecule has 0 bridgehead atoms. The minimum absolute atomic E-state index is 0.0737. The topological polar surface area (TPSA) is 67.8 Å². The van der Waals surface area contributed by atoms with E-state index in [-0.39, 0.29) is 28.6 Å². The molecule has 2 N–H and O–H groups in total. The van der Waals surface area contributed by atoms with Crippen LogP contribution in [0.4, 0.5) is 0 Å². The number of aliphatic hydroxyl groups excluding tert-OH is 1. The minimum Gasteiger partial charge on any atom is -0.534 e. The SMILES string of the molecule is CC(C)(C)[Si](OC[C@H](Cc1ccc(O[Si](c2ccccc2)(c2ccccc2)C(C)(C)C)cc1)NC(=O)CCCCCCC/C=C\CCO)(c1ccccc1)c1ccccc1. The third-order valence-electron chi connectivity index (χ3n) is 11.6. The van der Waals surface area contributed by atoms with Crippen LogP contribution in [0.3, 0.4) is 0 Å². The van der Waals surface area contributed by atoms with Crippen LogP contribution in [-0.2, 0) is 15.6 Å². The predicted molar refractivity (Wildman–Crippen MR) is 257 cm³/mol. The first-order chi connectivity index (χ1) is 28.9. The summed E-state index contributed by atoms with van der Waals surface area (Å²) in [6.45, 7) is 14.4. The number of hydrogen-bond acceptors (Lipinski definition) is 4. The Morgan fingerprint density at radius 3 is 1.48 bits per heavy atom. The highest BCUT2D eigenvalue weighted by molar-refractivity contribution is 7.00. The molecule has 5 aromatic carbocycles. The number of allylic oxidation sites excluding steroid dienone is 1. The first-order valence-electron chi connectivity index (χ1n) is 22.1. The quantitative estimate of drug-likeness (QED) is 0.0414. The fraction of sp³-hybridized carbons (Fsp3) is 0.377. The van der Waals surface area contributed by atoms with E-state index in [0.29, 0.717) is 19.4 Å². The summed E-state index contributed by atoms with van der Waals surface area (Å²) in [7, 11) is -5.63. The lowest BCUT2D eigenvalue weighted by Crippen LogP contribution is -2.68. The van der Waals surface area contributed by atoms with Crippen molar-refractivity contribution in [3.05, 3.63) is 163 Å². The normalized spacial score (nSPS) is 13.0. The second-order valence-corrected chi connectivity index (χ2v) is 26.7. The summed E-state index contributed by atoms with van der Waals surface area (Å²) in [6.07, 6.45) is 12.4. The van der Waals surface area contributed by atoms with Gasteiger partial charge in [-0.1, -0.05) is 206 Å². The van der Waals surface area contributed by atoms with Crippen LogP contribution in [0.2, 0.25) is 10.1 Å². The molecule has 0 saturated carbocycles. The number of carbonyl (C=O) groups excluding carboxylic acids is 1. The van der Waals surface area contributed by atoms with Gasteiger partial charge in [0.05, 0.1) is 12.6 Å². The van der Waals surface area contributed by atoms with Crippen molar-refractivity contribution >= 4 is 43.3 Å². The molecule has 0 fully saturated rings. The summed E-state index contributed by atoms with van der Waals surface area (Å²) in [5.41, 5.74) is 1.12. The first-order valence-corrected chi connectivity index (χ1v) is 25.9. The third kappa shape index (κ3) is 12.1. The summed E-state index contributed by atoms with van der Waals surface area (Å²) in [5, 5.41) is 17.0. The summed E-state index contributed by atoms with van der Waals surface area (Å²) < 4.78 is 14.7. The van der Waals surface area contributed by atoms with Gasteiger partial charge in [0.2, 0.25) is 5.91 Å². The zero-order valence-corrected chi connectivity index (χ0v) is 39.0. The second kappa shape index (κ2) is 22.3. The zero-order valence-electron chi connectivity index (χ0n) is 37.0. The maximum Gasteiger partial charge on any atom is 0.319 e. The molecule has 0 unspecified atom stereocenters. The largest absolute Gasteiger partial charge is 0.534 e. The molecule has 5 nitrogen and oxygen atoms in total. The molecule has 1 atom stereocenters. The second-order valence-electron chi connectivity index (χ2n) is 18.1. The van der Waals surface area contributed by atoms with Crippen LogP contribution in [-0.4, -0.2) is 46.9 Å². The number of benzene rings is 5. The summed E-state index contributed by atoms with van der Waals surface area (Å²) >= 11 is 0. The van der Waals surface area contributed by atoms with Crippen molar-refractivity contribution in [2.24, 2.45) is 0 Å². The zero-order chi connectivity index (χ0) is 42.9. The van der Waals surface area contributed by atoms with E-state index in [1.165, 1.54) is 20.7 Å². The first kappa shape index (κ1) is 46.5. The number of rotatable bonds is 22. The van der Waals surface area contributed by atoms with E-state index in [1.54, 1.807) is 0 Å². The molecular weight excluding hydrogens is 771 g/mol. The van der Waals surface area contributed by atoms with Crippen molar-refractivity contribution in [1.82, 2.24) is 5.32 Å². The molecule has 1 amide bonds. The van der Waals surface area contributed by atoms with Crippen molar-refractivity contribution in [1.29, 1.82) is 0 Å². The number of nitrogens with one attached hydrogen (secondary N) is 1. The molecule has 0 aliphatic carbocycles. The van der Waals surface area contributed by atoms with E-state index in [4.69, 9.17) is 14.0 Å². The summed E-state index contributed by atoms with van der Waals surface area (Å²) in [4.78, 5) is 13.7. The van der Waals surface area contributed by atoms with Gasteiger partial charge in [-0.05, 0) is 80.6 Å². The Morgan fingerprint density at radius 1 is 0.583 bits per heavy atom. The van der Waals surface area contributed by atoms with E-state index in [2.05, 4.69) is 205 Å². The number of aliphatic hydroxyl groups is 1. The van der Waals surface area contributed by atoms with Crippen LogP contribution in [0.15, 0.2) is 158 Å². The van der Waals surface area contributed by atoms with Gasteiger partial charge in [0, 0.05) is 13.0 Å². The van der Waals surface area contributed by atoms with Gasteiger partial charge >= 0.3 is 8.32 Å². The van der Waals surface area contributed by atoms with Gasteiger partial charge in [-0.25, -0.2) is 0 Å². The molecule has 0 aliphatic heterocycles. The van der Waals surface area contributed by atoms with E-state index < -0.39 is 16.6 Å². The smallest absolute Gasteiger partial charge is 0.319 e. The molecule has 318 valence electrons. The molecule has 0 heterocycles. The third-order valence-corrected chi connectivity index (χ3v) is 21.6. The van der Waals surface area contributed by atoms with Crippen LogP contribution in [0.25, 0.3) is 0 Å². The molecule has 0 aromatic heterocycles. The van der Waals surface area contributed by atoms with Crippen LogP contribution in [0, 0.1) is 0 Å². The number of unbranched alkanes of at least 4 members (excludes halogenated alkanes) is 5. The lowest BCUT2D eigenvalue weighted by Gasteiger charge is -2.43. The van der Waals surface area contributed by atoms with E-state index >= 15 is 0 Å². The van der Waals surface area contributed by atoms with Crippen molar-refractivity contribution in [3.63, 3.8) is 0 Å². The number of hydrogen-bond donors (Lipinski definition) is 2. The Hall–Kier alpha value is -4.54. The predicted octanol–water partition coefficient (Wildman–Crippen LogP) is 9.90. The van der Waals surface area contributed by atoms with E-state index in [9.17, 15) is 4.79 Å². The lowest BCUT2D eigenvalue weighted by atomic mass is 10.1. The molecule has 5 aromatic rings. The average molecular weight is 840 g/mol. The van der Waals surface area contributed by atoms with Crippen LogP contribution >= 0.6 is 0 Å². The minimum atomic E-state index is -2.84. The van der Waals surface area contributed by atoms with Gasteiger partial charge in [-0.2, -0.15) is 0 Å². The van der Waals surface area contributed by atoms with Crippen LogP contribution < -0.4 is 30.5 Å². The lowest BCUT2D eigenvalue weighted by molar-refractivity contribution is -0.122. The number of carbonyl (C=O) groups is 1. The highest BCUT2D eigenvalue weighted by atomic mass is 28.4. The Morgan fingerprint density at radius 2 is 1.02 bits per heavy atom. The Labute approximate surface area is 363 Å². The van der Waals surface area contributed by atoms with Crippen LogP contribution in [0.1, 0.15) is 98.5 Å². The molecule has 7 heteroatoms. The fourth-order valence-corrected chi connectivity index (χ4v) is 17.7. The maximum absolute atomic E-state index is 13.7. The van der Waals surface area contributed by atoms with E-state index in [0.717, 1.165) is 56.3 Å². The fourth-order valence-electron chi connectivity index (χ4n) is 8.63. The molecule has 0 aliphatic rings. The van der Waals surface area contributed by atoms with E-state index in [1.807, 2.05) is 0 Å². The highest BCUT2D eigenvalue weighted by Crippen LogP contribution is 2.38. The van der Waals surface area contributed by atoms with Crippen molar-refractivity contribution in [2.75, 3.05) is 13.2 Å². The van der Waals surface area contributed by atoms with Crippen molar-refractivity contribution in [2.45, 2.75) is 115 Å². The Bertz CT molecular complexity index is 1930.